The van der Waals surface area contributed by atoms with Gasteiger partial charge < -0.3 is 9.64 Å². The van der Waals surface area contributed by atoms with Crippen molar-refractivity contribution in [1.29, 1.82) is 0 Å². The maximum absolute atomic E-state index is 11.6. The predicted octanol–water partition coefficient (Wildman–Crippen LogP) is 3.03. The van der Waals surface area contributed by atoms with Crippen LogP contribution in [0.3, 0.4) is 0 Å². The van der Waals surface area contributed by atoms with Crippen molar-refractivity contribution < 1.29 is 18.1 Å². The minimum Gasteiger partial charge on any atom is -0.494 e. The molecule has 2 aromatic carbocycles. The third kappa shape index (κ3) is 4.69. The summed E-state index contributed by atoms with van der Waals surface area (Å²) >= 11 is 0. The topological polar surface area (TPSA) is 89.8 Å². The molecule has 0 bridgehead atoms. The lowest BCUT2D eigenvalue weighted by molar-refractivity contribution is -0.384. The maximum Gasteiger partial charge on any atom is 0.293 e. The highest BCUT2D eigenvalue weighted by Crippen LogP contribution is 2.31. The monoisotopic (exact) mass is 364 g/mol. The van der Waals surface area contributed by atoms with E-state index < -0.39 is 14.8 Å². The van der Waals surface area contributed by atoms with E-state index in [1.54, 1.807) is 11.9 Å². The Bertz CT molecular complexity index is 863. The molecule has 0 amide bonds. The molecule has 0 radical (unpaired) electrons. The van der Waals surface area contributed by atoms with Crippen LogP contribution in [0.15, 0.2) is 47.4 Å². The molecule has 0 fully saturated rings. The highest BCUT2D eigenvalue weighted by atomic mass is 32.2. The van der Waals surface area contributed by atoms with Crippen molar-refractivity contribution >= 4 is 21.2 Å². The van der Waals surface area contributed by atoms with Gasteiger partial charge in [-0.3, -0.25) is 10.1 Å². The largest absolute Gasteiger partial charge is 0.494 e. The average molecular weight is 364 g/mol. The molecular weight excluding hydrogens is 344 g/mol. The molecule has 2 rings (SSSR count). The summed E-state index contributed by atoms with van der Waals surface area (Å²) in [5.41, 5.74) is 1.06. The lowest BCUT2D eigenvalue weighted by atomic mass is 10.2. The molecule has 8 heteroatoms. The van der Waals surface area contributed by atoms with Crippen LogP contribution in [0.4, 0.5) is 11.4 Å². The predicted molar refractivity (Wildman–Crippen MR) is 95.9 cm³/mol. The van der Waals surface area contributed by atoms with Gasteiger partial charge in [0.15, 0.2) is 9.84 Å². The number of nitrogens with zero attached hydrogens (tertiary/aromatic N) is 2. The molecule has 0 spiro atoms. The summed E-state index contributed by atoms with van der Waals surface area (Å²) in [7, 11) is -1.79. The van der Waals surface area contributed by atoms with Gasteiger partial charge in [0, 0.05) is 25.9 Å². The SMILES string of the molecule is CCOc1ccc(CN(C)c2ccc(S(C)(=O)=O)cc2[N+](=O)[O-])cc1. The molecule has 0 N–H and O–H groups in total. The fraction of sp³-hybridized carbons (Fsp3) is 0.294. The molecule has 134 valence electrons. The van der Waals surface area contributed by atoms with Crippen molar-refractivity contribution in [2.45, 2.75) is 18.4 Å². The summed E-state index contributed by atoms with van der Waals surface area (Å²) < 4.78 is 28.6. The van der Waals surface area contributed by atoms with Crippen LogP contribution in [0.1, 0.15) is 12.5 Å². The Morgan fingerprint density at radius 2 is 1.80 bits per heavy atom. The minimum absolute atomic E-state index is 0.0718. The third-order valence-corrected chi connectivity index (χ3v) is 4.75. The van der Waals surface area contributed by atoms with Crippen molar-refractivity contribution in [2.24, 2.45) is 0 Å². The zero-order valence-electron chi connectivity index (χ0n) is 14.3. The second-order valence-electron chi connectivity index (χ2n) is 5.61. The summed E-state index contributed by atoms with van der Waals surface area (Å²) in [6, 6.07) is 11.4. The number of rotatable bonds is 7. The fourth-order valence-corrected chi connectivity index (χ4v) is 3.06. The summed E-state index contributed by atoms with van der Waals surface area (Å²) in [6.07, 6.45) is 1.02. The van der Waals surface area contributed by atoms with Crippen molar-refractivity contribution in [3.05, 3.63) is 58.1 Å². The number of benzene rings is 2. The van der Waals surface area contributed by atoms with Crippen LogP contribution in [0.5, 0.6) is 5.75 Å². The fourth-order valence-electron chi connectivity index (χ4n) is 2.42. The number of sulfone groups is 1. The Morgan fingerprint density at radius 1 is 1.16 bits per heavy atom. The Labute approximate surface area is 146 Å². The van der Waals surface area contributed by atoms with Gasteiger partial charge in [-0.2, -0.15) is 0 Å². The molecular formula is C17H20N2O5S. The first-order chi connectivity index (χ1) is 11.7. The van der Waals surface area contributed by atoms with Gasteiger partial charge in [0.25, 0.3) is 5.69 Å². The smallest absolute Gasteiger partial charge is 0.293 e. The molecule has 0 aliphatic heterocycles. The minimum atomic E-state index is -3.51. The molecule has 7 nitrogen and oxygen atoms in total. The Morgan fingerprint density at radius 3 is 2.32 bits per heavy atom. The van der Waals surface area contributed by atoms with Crippen LogP contribution in [0.25, 0.3) is 0 Å². The third-order valence-electron chi connectivity index (χ3n) is 3.64. The molecule has 0 aliphatic carbocycles. The van der Waals surface area contributed by atoms with Crippen molar-refractivity contribution in [3.8, 4) is 5.75 Å². The first-order valence-corrected chi connectivity index (χ1v) is 9.53. The van der Waals surface area contributed by atoms with E-state index >= 15 is 0 Å². The molecule has 0 atom stereocenters. The lowest BCUT2D eigenvalue weighted by Crippen LogP contribution is -2.18. The van der Waals surface area contributed by atoms with E-state index in [1.165, 1.54) is 12.1 Å². The zero-order chi connectivity index (χ0) is 18.6. The van der Waals surface area contributed by atoms with Gasteiger partial charge in [-0.05, 0) is 36.8 Å². The molecule has 0 unspecified atom stereocenters. The second kappa shape index (κ2) is 7.52. The van der Waals surface area contributed by atoms with Crippen LogP contribution < -0.4 is 9.64 Å². The van der Waals surface area contributed by atoms with Gasteiger partial charge >= 0.3 is 0 Å². The summed E-state index contributed by atoms with van der Waals surface area (Å²) in [5.74, 6) is 0.761. The Hall–Kier alpha value is -2.61. The van der Waals surface area contributed by atoms with E-state index in [9.17, 15) is 18.5 Å². The summed E-state index contributed by atoms with van der Waals surface area (Å²) in [6.45, 7) is 2.92. The molecule has 0 saturated carbocycles. The van der Waals surface area contributed by atoms with Gasteiger partial charge in [0.1, 0.15) is 11.4 Å². The van der Waals surface area contributed by atoms with Crippen LogP contribution >= 0.6 is 0 Å². The molecule has 25 heavy (non-hydrogen) atoms. The van der Waals surface area contributed by atoms with E-state index in [0.29, 0.717) is 18.8 Å². The van der Waals surface area contributed by atoms with E-state index in [2.05, 4.69) is 0 Å². The summed E-state index contributed by atoms with van der Waals surface area (Å²) in [4.78, 5) is 12.4. The van der Waals surface area contributed by atoms with Gasteiger partial charge in [-0.15, -0.1) is 0 Å². The van der Waals surface area contributed by atoms with E-state index in [-0.39, 0.29) is 10.6 Å². The number of ether oxygens (including phenoxy) is 1. The lowest BCUT2D eigenvalue weighted by Gasteiger charge is -2.20. The zero-order valence-corrected chi connectivity index (χ0v) is 15.1. The Kier molecular flexibility index (Phi) is 5.63. The average Bonchev–Trinajstić information content (AvgIpc) is 2.55. The number of nitro groups is 1. The number of nitro benzene ring substituents is 1. The highest BCUT2D eigenvalue weighted by Gasteiger charge is 2.21. The van der Waals surface area contributed by atoms with E-state index in [0.717, 1.165) is 23.6 Å². The van der Waals surface area contributed by atoms with Crippen molar-refractivity contribution in [3.63, 3.8) is 0 Å². The van der Waals surface area contributed by atoms with Crippen molar-refractivity contribution in [1.82, 2.24) is 0 Å². The van der Waals surface area contributed by atoms with Crippen LogP contribution in [0, 0.1) is 10.1 Å². The van der Waals surface area contributed by atoms with Crippen LogP contribution in [-0.4, -0.2) is 33.3 Å². The molecule has 0 aromatic heterocycles. The van der Waals surface area contributed by atoms with Crippen LogP contribution in [0.2, 0.25) is 0 Å². The second-order valence-corrected chi connectivity index (χ2v) is 7.63. The molecule has 0 saturated heterocycles. The van der Waals surface area contributed by atoms with Gasteiger partial charge in [0.05, 0.1) is 16.4 Å². The van der Waals surface area contributed by atoms with E-state index in [4.69, 9.17) is 4.74 Å². The van der Waals surface area contributed by atoms with Crippen molar-refractivity contribution in [2.75, 3.05) is 24.8 Å². The number of hydrogen-bond donors (Lipinski definition) is 0. The Balaban J connectivity index is 2.29. The first kappa shape index (κ1) is 18.7. The molecule has 0 heterocycles. The summed E-state index contributed by atoms with van der Waals surface area (Å²) in [5, 5.41) is 11.3. The number of anilines is 1. The van der Waals surface area contributed by atoms with Gasteiger partial charge in [0.2, 0.25) is 0 Å². The standard InChI is InChI=1S/C17H20N2O5S/c1-4-24-14-7-5-13(6-8-14)12-18(2)16-10-9-15(25(3,22)23)11-17(16)19(20)21/h5-11H,4,12H2,1-3H3. The van der Waals surface area contributed by atoms with Crippen LogP contribution in [-0.2, 0) is 16.4 Å². The first-order valence-electron chi connectivity index (χ1n) is 7.63. The number of hydrogen-bond acceptors (Lipinski definition) is 6. The molecule has 0 aliphatic rings. The van der Waals surface area contributed by atoms with E-state index in [1.807, 2.05) is 31.2 Å². The quantitative estimate of drug-likeness (QED) is 0.554. The molecule has 2 aromatic rings. The van der Waals surface area contributed by atoms with Gasteiger partial charge in [-0.25, -0.2) is 8.42 Å². The highest BCUT2D eigenvalue weighted by molar-refractivity contribution is 7.90. The normalized spacial score (nSPS) is 11.2. The van der Waals surface area contributed by atoms with Gasteiger partial charge in [-0.1, -0.05) is 12.1 Å². The maximum atomic E-state index is 11.6.